The molecule has 3 heterocycles. The van der Waals surface area contributed by atoms with Gasteiger partial charge in [-0.3, -0.25) is 4.57 Å². The lowest BCUT2D eigenvalue weighted by Crippen LogP contribution is -2.16. The topological polar surface area (TPSA) is 35.6 Å². The fraction of sp³-hybridized carbons (Fsp3) is 0.0588. The van der Waals surface area contributed by atoms with Crippen LogP contribution >= 0.6 is 0 Å². The van der Waals surface area contributed by atoms with Crippen molar-refractivity contribution in [1.29, 1.82) is 0 Å². The maximum absolute atomic E-state index is 5.60. The van der Waals surface area contributed by atoms with Gasteiger partial charge in [0.1, 0.15) is 0 Å². The van der Waals surface area contributed by atoms with Crippen molar-refractivity contribution in [3.05, 3.63) is 181 Å². The van der Waals surface area contributed by atoms with Crippen LogP contribution in [-0.2, 0) is 5.41 Å². The summed E-state index contributed by atoms with van der Waals surface area (Å²) in [6.07, 6.45) is 0. The summed E-state index contributed by atoms with van der Waals surface area (Å²) in [4.78, 5) is 11.0. The van der Waals surface area contributed by atoms with Gasteiger partial charge < -0.3 is 4.57 Å². The Morgan fingerprint density at radius 3 is 1.87 bits per heavy atom. The molecule has 0 saturated carbocycles. The van der Waals surface area contributed by atoms with Crippen LogP contribution in [0, 0.1) is 0 Å². The Morgan fingerprint density at radius 2 is 1.05 bits per heavy atom. The summed E-state index contributed by atoms with van der Waals surface area (Å²) in [6.45, 7) is 4.69. The zero-order chi connectivity index (χ0) is 36.4. The van der Waals surface area contributed by atoms with E-state index in [0.717, 1.165) is 38.9 Å². The molecule has 0 unspecified atom stereocenters. The number of nitrogens with zero attached hydrogens (tertiary/aromatic N) is 4. The van der Waals surface area contributed by atoms with Crippen LogP contribution in [0.5, 0.6) is 0 Å². The molecule has 55 heavy (non-hydrogen) atoms. The number of aromatic nitrogens is 4. The summed E-state index contributed by atoms with van der Waals surface area (Å²) in [5.41, 5.74) is 13.8. The third kappa shape index (κ3) is 4.11. The van der Waals surface area contributed by atoms with Crippen molar-refractivity contribution >= 4 is 65.3 Å². The molecule has 0 N–H and O–H groups in total. The number of benzene rings is 8. The van der Waals surface area contributed by atoms with Crippen LogP contribution < -0.4 is 0 Å². The number of hydrogen-bond donors (Lipinski definition) is 0. The summed E-state index contributed by atoms with van der Waals surface area (Å²) < 4.78 is 4.69. The molecule has 0 aliphatic heterocycles. The van der Waals surface area contributed by atoms with Gasteiger partial charge in [-0.2, -0.15) is 0 Å². The third-order valence-electron chi connectivity index (χ3n) is 12.1. The van der Waals surface area contributed by atoms with Crippen molar-refractivity contribution in [2.75, 3.05) is 0 Å². The van der Waals surface area contributed by atoms with Crippen LogP contribution in [-0.4, -0.2) is 19.1 Å². The van der Waals surface area contributed by atoms with Gasteiger partial charge in [0.2, 0.25) is 5.95 Å². The van der Waals surface area contributed by atoms with E-state index in [2.05, 4.69) is 193 Å². The van der Waals surface area contributed by atoms with E-state index in [9.17, 15) is 0 Å². The van der Waals surface area contributed by atoms with Gasteiger partial charge in [-0.1, -0.05) is 141 Å². The van der Waals surface area contributed by atoms with E-state index >= 15 is 0 Å². The van der Waals surface area contributed by atoms with Crippen molar-refractivity contribution in [3.63, 3.8) is 0 Å². The average molecular weight is 703 g/mol. The van der Waals surface area contributed by atoms with Gasteiger partial charge in [0, 0.05) is 43.6 Å². The highest BCUT2D eigenvalue weighted by atomic mass is 15.2. The van der Waals surface area contributed by atoms with Gasteiger partial charge >= 0.3 is 0 Å². The molecule has 0 bridgehead atoms. The Hall–Kier alpha value is -7.04. The number of para-hydroxylation sites is 3. The van der Waals surface area contributed by atoms with Crippen LogP contribution in [0.15, 0.2) is 170 Å². The molecular weight excluding hydrogens is 669 g/mol. The number of hydrogen-bond acceptors (Lipinski definition) is 2. The van der Waals surface area contributed by atoms with Crippen LogP contribution in [0.25, 0.3) is 99.3 Å². The summed E-state index contributed by atoms with van der Waals surface area (Å²) in [6, 6.07) is 61.5. The van der Waals surface area contributed by atoms with Crippen molar-refractivity contribution < 1.29 is 0 Å². The van der Waals surface area contributed by atoms with Crippen molar-refractivity contribution in [3.8, 4) is 34.0 Å². The van der Waals surface area contributed by atoms with Gasteiger partial charge in [0.05, 0.1) is 33.3 Å². The molecule has 0 atom stereocenters. The Morgan fingerprint density at radius 1 is 0.436 bits per heavy atom. The number of fused-ring (bicyclic) bond motifs is 12. The highest BCUT2D eigenvalue weighted by Gasteiger charge is 2.38. The predicted molar refractivity (Wildman–Crippen MR) is 229 cm³/mol. The fourth-order valence-corrected chi connectivity index (χ4v) is 9.75. The maximum Gasteiger partial charge on any atom is 0.235 e. The van der Waals surface area contributed by atoms with Crippen LogP contribution in [0.3, 0.4) is 0 Å². The van der Waals surface area contributed by atoms with Gasteiger partial charge in [0.15, 0.2) is 0 Å². The molecule has 3 aromatic heterocycles. The molecular formula is C51H34N4. The SMILES string of the molecule is CC1(C)c2ccccc2-c2cccc(-c3nc(-n4c5ccc(-n6c7ccccc7c7ccccc76)cc5c5c6ccccc6ccc54)nc4ccccc34)c21. The predicted octanol–water partition coefficient (Wildman–Crippen LogP) is 13.0. The Bertz CT molecular complexity index is 3360. The molecule has 1 aliphatic rings. The lowest BCUT2D eigenvalue weighted by molar-refractivity contribution is 0.662. The van der Waals surface area contributed by atoms with Crippen LogP contribution in [0.2, 0.25) is 0 Å². The fourth-order valence-electron chi connectivity index (χ4n) is 9.75. The Labute approximate surface area is 317 Å². The molecule has 0 amide bonds. The zero-order valence-electron chi connectivity index (χ0n) is 30.5. The molecule has 258 valence electrons. The van der Waals surface area contributed by atoms with E-state index in [1.54, 1.807) is 0 Å². The number of rotatable bonds is 3. The lowest BCUT2D eigenvalue weighted by Gasteiger charge is -2.24. The quantitative estimate of drug-likeness (QED) is 0.184. The van der Waals surface area contributed by atoms with E-state index in [-0.39, 0.29) is 5.41 Å². The smallest absolute Gasteiger partial charge is 0.235 e. The zero-order valence-corrected chi connectivity index (χ0v) is 30.5. The average Bonchev–Trinajstić information content (AvgIpc) is 3.83. The molecule has 12 rings (SSSR count). The molecule has 1 aliphatic carbocycles. The van der Waals surface area contributed by atoms with E-state index < -0.39 is 0 Å². The molecule has 0 fully saturated rings. The first kappa shape index (κ1) is 30.4. The summed E-state index contributed by atoms with van der Waals surface area (Å²) in [5.74, 6) is 0.666. The second kappa shape index (κ2) is 11.0. The highest BCUT2D eigenvalue weighted by Crippen LogP contribution is 2.52. The van der Waals surface area contributed by atoms with E-state index in [1.165, 1.54) is 65.6 Å². The lowest BCUT2D eigenvalue weighted by atomic mass is 9.79. The van der Waals surface area contributed by atoms with Crippen LogP contribution in [0.1, 0.15) is 25.0 Å². The molecule has 4 heteroatoms. The van der Waals surface area contributed by atoms with Crippen LogP contribution in [0.4, 0.5) is 0 Å². The minimum atomic E-state index is -0.191. The largest absolute Gasteiger partial charge is 0.309 e. The maximum atomic E-state index is 5.60. The molecule has 0 radical (unpaired) electrons. The summed E-state index contributed by atoms with van der Waals surface area (Å²) in [5, 5.41) is 8.34. The Balaban J connectivity index is 1.17. The molecule has 4 nitrogen and oxygen atoms in total. The first-order valence-corrected chi connectivity index (χ1v) is 19.0. The van der Waals surface area contributed by atoms with Crippen molar-refractivity contribution in [1.82, 2.24) is 19.1 Å². The Kier molecular flexibility index (Phi) is 6.09. The second-order valence-corrected chi connectivity index (χ2v) is 15.4. The third-order valence-corrected chi connectivity index (χ3v) is 12.1. The minimum Gasteiger partial charge on any atom is -0.309 e. The second-order valence-electron chi connectivity index (χ2n) is 15.4. The van der Waals surface area contributed by atoms with Gasteiger partial charge in [-0.15, -0.1) is 0 Å². The molecule has 11 aromatic rings. The summed E-state index contributed by atoms with van der Waals surface area (Å²) in [7, 11) is 0. The highest BCUT2D eigenvalue weighted by molar-refractivity contribution is 6.22. The van der Waals surface area contributed by atoms with E-state index in [1.807, 2.05) is 0 Å². The van der Waals surface area contributed by atoms with Gasteiger partial charge in [-0.05, 0) is 75.5 Å². The minimum absolute atomic E-state index is 0.191. The van der Waals surface area contributed by atoms with Gasteiger partial charge in [-0.25, -0.2) is 9.97 Å². The van der Waals surface area contributed by atoms with Crippen molar-refractivity contribution in [2.45, 2.75) is 19.3 Å². The van der Waals surface area contributed by atoms with Crippen molar-refractivity contribution in [2.24, 2.45) is 0 Å². The molecule has 0 saturated heterocycles. The molecule has 0 spiro atoms. The first-order valence-electron chi connectivity index (χ1n) is 19.0. The normalized spacial score (nSPS) is 13.4. The summed E-state index contributed by atoms with van der Waals surface area (Å²) >= 11 is 0. The first-order chi connectivity index (χ1) is 27.1. The monoisotopic (exact) mass is 702 g/mol. The van der Waals surface area contributed by atoms with E-state index in [0.29, 0.717) is 5.95 Å². The van der Waals surface area contributed by atoms with Gasteiger partial charge in [0.25, 0.3) is 0 Å². The standard InChI is InChI=1S/C51H34N4/c1-51(2)41-22-9-5-16-34(41)37-20-13-21-39(48(37)51)49-38-19-6-10-23-42(38)52-50(53-49)55-45-29-27-32(30-40(45)47-33-15-4-3-14-31(33)26-28-46(47)55)54-43-24-11-7-17-35(43)36-18-8-12-25-44(36)54/h3-30H,1-2H3. The van der Waals surface area contributed by atoms with E-state index in [4.69, 9.17) is 9.97 Å². The molecule has 8 aromatic carbocycles.